The quantitative estimate of drug-likeness (QED) is 0.735. The van der Waals surface area contributed by atoms with Crippen molar-refractivity contribution in [2.24, 2.45) is 0 Å². The van der Waals surface area contributed by atoms with E-state index in [1.165, 1.54) is 11.3 Å². The minimum atomic E-state index is -3.36. The maximum Gasteiger partial charge on any atom is 0.228 e. The minimum absolute atomic E-state index is 0.00810. The highest BCUT2D eigenvalue weighted by Gasteiger charge is 2.37. The smallest absolute Gasteiger partial charge is 0.228 e. The van der Waals surface area contributed by atoms with Crippen LogP contribution in [0.4, 0.5) is 5.13 Å². The molecule has 2 atom stereocenters. The lowest BCUT2D eigenvalue weighted by atomic mass is 9.93. The van der Waals surface area contributed by atoms with Crippen molar-refractivity contribution < 1.29 is 13.2 Å². The fourth-order valence-corrected chi connectivity index (χ4v) is 5.68. The number of aromatic nitrogens is 1. The monoisotopic (exact) mass is 412 g/mol. The Morgan fingerprint density at radius 2 is 2.15 bits per heavy atom. The third kappa shape index (κ3) is 3.80. The maximum absolute atomic E-state index is 12.6. The molecule has 0 aliphatic heterocycles. The van der Waals surface area contributed by atoms with Crippen LogP contribution in [0.3, 0.4) is 0 Å². The van der Waals surface area contributed by atoms with Crippen LogP contribution in [0.25, 0.3) is 0 Å². The zero-order valence-corrected chi connectivity index (χ0v) is 17.1. The van der Waals surface area contributed by atoms with Gasteiger partial charge in [0.1, 0.15) is 0 Å². The number of amides is 1. The van der Waals surface area contributed by atoms with Gasteiger partial charge in [-0.25, -0.2) is 13.4 Å². The van der Waals surface area contributed by atoms with E-state index in [0.29, 0.717) is 11.6 Å². The molecule has 0 radical (unpaired) electrons. The molecule has 2 unspecified atom stereocenters. The molecule has 0 N–H and O–H groups in total. The normalized spacial score (nSPS) is 20.3. The van der Waals surface area contributed by atoms with Crippen LogP contribution in [-0.4, -0.2) is 31.6 Å². The number of hydrogen-bond acceptors (Lipinski definition) is 5. The van der Waals surface area contributed by atoms with E-state index in [-0.39, 0.29) is 27.8 Å². The van der Waals surface area contributed by atoms with Crippen LogP contribution >= 0.6 is 22.9 Å². The molecule has 1 aromatic carbocycles. The van der Waals surface area contributed by atoms with Gasteiger partial charge in [0.15, 0.2) is 15.0 Å². The fourth-order valence-electron chi connectivity index (χ4n) is 3.63. The molecule has 1 saturated carbocycles. The van der Waals surface area contributed by atoms with Crippen molar-refractivity contribution in [3.05, 3.63) is 40.4 Å². The van der Waals surface area contributed by atoms with E-state index in [0.717, 1.165) is 31.1 Å². The van der Waals surface area contributed by atoms with E-state index in [2.05, 4.69) is 4.98 Å². The molecule has 1 heterocycles. The number of nitrogens with zero attached hydrogens (tertiary/aromatic N) is 2. The Labute approximate surface area is 162 Å². The molecule has 2 aromatic rings. The molecule has 26 heavy (non-hydrogen) atoms. The highest BCUT2D eigenvalue weighted by Crippen LogP contribution is 2.41. The molecule has 3 rings (SSSR count). The zero-order valence-electron chi connectivity index (χ0n) is 14.7. The Bertz CT molecular complexity index is 897. The van der Waals surface area contributed by atoms with Gasteiger partial charge in [-0.1, -0.05) is 31.0 Å². The van der Waals surface area contributed by atoms with Crippen molar-refractivity contribution in [1.82, 2.24) is 4.98 Å². The Morgan fingerprint density at radius 1 is 1.38 bits per heavy atom. The third-order valence-corrected chi connectivity index (χ3v) is 7.14. The van der Waals surface area contributed by atoms with Crippen molar-refractivity contribution in [3.8, 4) is 0 Å². The van der Waals surface area contributed by atoms with Crippen LogP contribution in [0.2, 0.25) is 5.02 Å². The van der Waals surface area contributed by atoms with E-state index in [9.17, 15) is 13.2 Å². The fraction of sp³-hybridized carbons (Fsp3) is 0.444. The molecule has 5 nitrogen and oxygen atoms in total. The second kappa shape index (κ2) is 7.66. The van der Waals surface area contributed by atoms with Gasteiger partial charge in [0.25, 0.3) is 0 Å². The molecular formula is C18H21ClN2O3S2. The number of thiazole rings is 1. The summed E-state index contributed by atoms with van der Waals surface area (Å²) in [5, 5.41) is 2.82. The number of carbonyl (C=O) groups is 1. The topological polar surface area (TPSA) is 67.3 Å². The van der Waals surface area contributed by atoms with E-state index in [1.54, 1.807) is 18.3 Å². The standard InChI is InChI=1S/C18H21ClN2O3S2/c1-3-17(22)21(18-20-9-10-25-18)15-6-4-5-13(15)12-7-8-16(14(19)11-12)26(2,23)24/h7-11,13,15H,3-6H2,1-2H3. The lowest BCUT2D eigenvalue weighted by Crippen LogP contribution is -2.41. The Hall–Kier alpha value is -1.44. The lowest BCUT2D eigenvalue weighted by molar-refractivity contribution is -0.118. The summed E-state index contributed by atoms with van der Waals surface area (Å²) in [6, 6.07) is 5.13. The van der Waals surface area contributed by atoms with Gasteiger partial charge < -0.3 is 0 Å². The van der Waals surface area contributed by atoms with Crippen molar-refractivity contribution in [3.63, 3.8) is 0 Å². The highest BCUT2D eigenvalue weighted by atomic mass is 35.5. The first-order valence-electron chi connectivity index (χ1n) is 8.54. The van der Waals surface area contributed by atoms with Crippen LogP contribution in [0, 0.1) is 0 Å². The minimum Gasteiger partial charge on any atom is -0.284 e. The van der Waals surface area contributed by atoms with Crippen LogP contribution in [0.15, 0.2) is 34.7 Å². The van der Waals surface area contributed by atoms with Gasteiger partial charge in [-0.05, 0) is 30.5 Å². The van der Waals surface area contributed by atoms with Gasteiger partial charge in [0.2, 0.25) is 5.91 Å². The van der Waals surface area contributed by atoms with Crippen molar-refractivity contribution in [2.75, 3.05) is 11.2 Å². The summed E-state index contributed by atoms with van der Waals surface area (Å²) in [5.41, 5.74) is 0.968. The molecule has 1 aliphatic rings. The molecule has 8 heteroatoms. The molecule has 1 amide bonds. The predicted octanol–water partition coefficient (Wildman–Crippen LogP) is 4.28. The molecule has 0 bridgehead atoms. The Kier molecular flexibility index (Phi) is 5.69. The summed E-state index contributed by atoms with van der Waals surface area (Å²) in [6.45, 7) is 1.85. The van der Waals surface area contributed by atoms with Crippen LogP contribution in [-0.2, 0) is 14.6 Å². The van der Waals surface area contributed by atoms with Gasteiger partial charge in [-0.15, -0.1) is 11.3 Å². The molecule has 1 aliphatic carbocycles. The molecule has 0 spiro atoms. The first-order valence-corrected chi connectivity index (χ1v) is 11.7. The SMILES string of the molecule is CCC(=O)N(c1nccs1)C1CCCC1c1ccc(S(C)(=O)=O)c(Cl)c1. The number of sulfone groups is 1. The summed E-state index contributed by atoms with van der Waals surface area (Å²) < 4.78 is 23.6. The van der Waals surface area contributed by atoms with Crippen LogP contribution < -0.4 is 4.90 Å². The van der Waals surface area contributed by atoms with Crippen molar-refractivity contribution in [1.29, 1.82) is 0 Å². The summed E-state index contributed by atoms with van der Waals surface area (Å²) in [4.78, 5) is 18.9. The molecule has 1 fully saturated rings. The van der Waals surface area contributed by atoms with E-state index in [1.807, 2.05) is 23.3 Å². The Balaban J connectivity index is 1.97. The second-order valence-corrected chi connectivity index (χ2v) is 9.76. The summed E-state index contributed by atoms with van der Waals surface area (Å²) in [5.74, 6) is 0.163. The largest absolute Gasteiger partial charge is 0.284 e. The van der Waals surface area contributed by atoms with Crippen LogP contribution in [0.5, 0.6) is 0 Å². The maximum atomic E-state index is 12.6. The van der Waals surface area contributed by atoms with Gasteiger partial charge in [0.05, 0.1) is 9.92 Å². The molecule has 1 aromatic heterocycles. The van der Waals surface area contributed by atoms with Gasteiger partial charge in [-0.2, -0.15) is 0 Å². The molecule has 0 saturated heterocycles. The van der Waals surface area contributed by atoms with Crippen LogP contribution in [0.1, 0.15) is 44.1 Å². The van der Waals surface area contributed by atoms with Gasteiger partial charge >= 0.3 is 0 Å². The van der Waals surface area contributed by atoms with Crippen molar-refractivity contribution >= 4 is 43.8 Å². The summed E-state index contributed by atoms with van der Waals surface area (Å²) in [6.07, 6.45) is 6.09. The van der Waals surface area contributed by atoms with E-state index in [4.69, 9.17) is 11.6 Å². The summed E-state index contributed by atoms with van der Waals surface area (Å²) >= 11 is 7.70. The first kappa shape index (κ1) is 19.3. The predicted molar refractivity (Wildman–Crippen MR) is 105 cm³/mol. The summed E-state index contributed by atoms with van der Waals surface area (Å²) in [7, 11) is -3.36. The average Bonchev–Trinajstić information content (AvgIpc) is 3.26. The molecular weight excluding hydrogens is 392 g/mol. The number of carbonyl (C=O) groups excluding carboxylic acids is 1. The second-order valence-electron chi connectivity index (χ2n) is 6.50. The average molecular weight is 413 g/mol. The zero-order chi connectivity index (χ0) is 18.9. The number of rotatable bonds is 5. The van der Waals surface area contributed by atoms with Gasteiger partial charge in [0, 0.05) is 36.2 Å². The third-order valence-electron chi connectivity index (χ3n) is 4.79. The van der Waals surface area contributed by atoms with Crippen molar-refractivity contribution in [2.45, 2.75) is 49.5 Å². The number of halogens is 1. The van der Waals surface area contributed by atoms with E-state index < -0.39 is 9.84 Å². The molecule has 140 valence electrons. The first-order chi connectivity index (χ1) is 12.3. The highest BCUT2D eigenvalue weighted by molar-refractivity contribution is 7.90. The van der Waals surface area contributed by atoms with E-state index >= 15 is 0 Å². The number of anilines is 1. The van der Waals surface area contributed by atoms with Gasteiger partial charge in [-0.3, -0.25) is 9.69 Å². The Morgan fingerprint density at radius 3 is 2.73 bits per heavy atom. The number of hydrogen-bond donors (Lipinski definition) is 0. The lowest BCUT2D eigenvalue weighted by Gasteiger charge is -2.31. The number of benzene rings is 1.